The summed E-state index contributed by atoms with van der Waals surface area (Å²) in [4.78, 5) is 2.27. The molecule has 0 N–H and O–H groups in total. The summed E-state index contributed by atoms with van der Waals surface area (Å²) in [6.45, 7) is 0. The van der Waals surface area contributed by atoms with Crippen LogP contribution >= 0.6 is 0 Å². The van der Waals surface area contributed by atoms with Crippen LogP contribution in [0.15, 0.2) is 173 Å². The summed E-state index contributed by atoms with van der Waals surface area (Å²) >= 11 is 0. The Kier molecular flexibility index (Phi) is 5.82. The third kappa shape index (κ3) is 4.29. The Bertz CT molecular complexity index is 2460. The number of fused-ring (bicyclic) bond motifs is 6. The van der Waals surface area contributed by atoms with Crippen molar-refractivity contribution >= 4 is 60.9 Å². The molecule has 0 bridgehead atoms. The zero-order valence-corrected chi connectivity index (χ0v) is 24.4. The lowest BCUT2D eigenvalue weighted by Gasteiger charge is -2.25. The maximum Gasteiger partial charge on any atom is 0.159 e. The third-order valence-corrected chi connectivity index (χ3v) is 8.66. The van der Waals surface area contributed by atoms with Gasteiger partial charge in [0.2, 0.25) is 0 Å². The molecule has 0 unspecified atom stereocenters. The normalized spacial score (nSPS) is 11.6. The van der Waals surface area contributed by atoms with Crippen LogP contribution in [0, 0.1) is 0 Å². The molecule has 3 nitrogen and oxygen atoms in total. The van der Waals surface area contributed by atoms with Crippen molar-refractivity contribution in [3.63, 3.8) is 0 Å². The Morgan fingerprint density at radius 1 is 0.333 bits per heavy atom. The lowest BCUT2D eigenvalue weighted by atomic mass is 10.0. The van der Waals surface area contributed by atoms with E-state index in [0.717, 1.165) is 66.5 Å². The fraction of sp³-hybridized carbons (Fsp3) is 0. The summed E-state index contributed by atoms with van der Waals surface area (Å²) in [6.07, 6.45) is 0. The predicted molar refractivity (Wildman–Crippen MR) is 187 cm³/mol. The van der Waals surface area contributed by atoms with Gasteiger partial charge in [0.15, 0.2) is 5.58 Å². The van der Waals surface area contributed by atoms with Crippen LogP contribution in [-0.4, -0.2) is 0 Å². The van der Waals surface area contributed by atoms with Crippen molar-refractivity contribution in [2.24, 2.45) is 0 Å². The van der Waals surface area contributed by atoms with Gasteiger partial charge in [-0.2, -0.15) is 0 Å². The van der Waals surface area contributed by atoms with E-state index in [1.807, 2.05) is 18.2 Å². The van der Waals surface area contributed by atoms with E-state index in [4.69, 9.17) is 8.83 Å². The van der Waals surface area contributed by atoms with E-state index in [2.05, 4.69) is 150 Å². The summed E-state index contributed by atoms with van der Waals surface area (Å²) in [5.41, 5.74) is 11.2. The molecule has 9 aromatic rings. The molecule has 0 saturated carbocycles. The molecule has 212 valence electrons. The van der Waals surface area contributed by atoms with Gasteiger partial charge in [0.25, 0.3) is 0 Å². The fourth-order valence-electron chi connectivity index (χ4n) is 6.48. The van der Waals surface area contributed by atoms with Crippen molar-refractivity contribution < 1.29 is 8.83 Å². The number of rotatable bonds is 5. The van der Waals surface area contributed by atoms with Crippen LogP contribution in [0.4, 0.5) is 17.1 Å². The van der Waals surface area contributed by atoms with Gasteiger partial charge in [-0.1, -0.05) is 109 Å². The molecule has 0 radical (unpaired) electrons. The molecule has 2 aromatic heterocycles. The number of nitrogens with zero attached hydrogens (tertiary/aromatic N) is 1. The SMILES string of the molecule is c1ccc(-c2ccc(N(c3ccccc3)c3cccc4c3oc3cc5c(cc34)oc3ccc(-c4ccccc4)cc35)cc2)cc1. The Labute approximate surface area is 260 Å². The quantitative estimate of drug-likeness (QED) is 0.204. The van der Waals surface area contributed by atoms with E-state index < -0.39 is 0 Å². The largest absolute Gasteiger partial charge is 0.456 e. The lowest BCUT2D eigenvalue weighted by molar-refractivity contribution is 0.664. The van der Waals surface area contributed by atoms with Crippen molar-refractivity contribution in [2.45, 2.75) is 0 Å². The molecule has 0 aliphatic heterocycles. The summed E-state index contributed by atoms with van der Waals surface area (Å²) < 4.78 is 13.1. The molecule has 7 aromatic carbocycles. The molecule has 0 amide bonds. The monoisotopic (exact) mass is 577 g/mol. The summed E-state index contributed by atoms with van der Waals surface area (Å²) in [5, 5.41) is 4.22. The predicted octanol–water partition coefficient (Wildman–Crippen LogP) is 12.3. The maximum absolute atomic E-state index is 6.76. The first-order chi connectivity index (χ1) is 22.3. The Morgan fingerprint density at radius 3 is 1.58 bits per heavy atom. The van der Waals surface area contributed by atoms with Crippen LogP contribution in [0.3, 0.4) is 0 Å². The molecule has 0 fully saturated rings. The topological polar surface area (TPSA) is 29.5 Å². The minimum absolute atomic E-state index is 0.838. The molecule has 0 atom stereocenters. The number of hydrogen-bond donors (Lipinski definition) is 0. The van der Waals surface area contributed by atoms with Crippen LogP contribution in [0.2, 0.25) is 0 Å². The first kappa shape index (κ1) is 25.4. The first-order valence-corrected chi connectivity index (χ1v) is 15.2. The van der Waals surface area contributed by atoms with Gasteiger partial charge < -0.3 is 13.7 Å². The minimum atomic E-state index is 0.838. The van der Waals surface area contributed by atoms with Crippen LogP contribution < -0.4 is 4.90 Å². The second kappa shape index (κ2) is 10.3. The number of benzene rings is 7. The van der Waals surface area contributed by atoms with Gasteiger partial charge in [0.05, 0.1) is 5.69 Å². The van der Waals surface area contributed by atoms with Crippen LogP contribution in [0.1, 0.15) is 0 Å². The molecular formula is C42H27NO2. The summed E-state index contributed by atoms with van der Waals surface area (Å²) in [7, 11) is 0. The molecule has 0 aliphatic rings. The standard InChI is InChI=1S/C42H27NO2/c1-4-11-28(12-5-1)30-19-22-33(23-20-30)43(32-15-8-3-9-16-32)38-18-10-17-34-36-26-40-37(27-41(36)45-42(34)38)35-25-31(21-24-39(35)44-40)29-13-6-2-7-14-29/h1-27H. The molecule has 3 heteroatoms. The molecule has 0 aliphatic carbocycles. The van der Waals surface area contributed by atoms with Gasteiger partial charge in [-0.3, -0.25) is 0 Å². The molecule has 0 saturated heterocycles. The van der Waals surface area contributed by atoms with E-state index >= 15 is 0 Å². The van der Waals surface area contributed by atoms with Crippen LogP contribution in [0.25, 0.3) is 66.1 Å². The van der Waals surface area contributed by atoms with Crippen molar-refractivity contribution in [1.82, 2.24) is 0 Å². The highest BCUT2D eigenvalue weighted by atomic mass is 16.3. The maximum atomic E-state index is 6.76. The van der Waals surface area contributed by atoms with Crippen molar-refractivity contribution in [1.29, 1.82) is 0 Å². The number of furan rings is 2. The molecule has 9 rings (SSSR count). The van der Waals surface area contributed by atoms with Gasteiger partial charge in [0, 0.05) is 32.9 Å². The average molecular weight is 578 g/mol. The zero-order chi connectivity index (χ0) is 29.7. The Morgan fingerprint density at radius 2 is 0.867 bits per heavy atom. The van der Waals surface area contributed by atoms with Gasteiger partial charge in [-0.25, -0.2) is 0 Å². The average Bonchev–Trinajstić information content (AvgIpc) is 3.66. The first-order valence-electron chi connectivity index (χ1n) is 15.2. The van der Waals surface area contributed by atoms with E-state index in [1.165, 1.54) is 16.7 Å². The van der Waals surface area contributed by atoms with Crippen molar-refractivity contribution in [3.05, 3.63) is 164 Å². The highest BCUT2D eigenvalue weighted by molar-refractivity contribution is 6.17. The highest BCUT2D eigenvalue weighted by Gasteiger charge is 2.20. The molecular weight excluding hydrogens is 550 g/mol. The van der Waals surface area contributed by atoms with E-state index in [1.54, 1.807) is 0 Å². The Balaban J connectivity index is 1.21. The third-order valence-electron chi connectivity index (χ3n) is 8.66. The van der Waals surface area contributed by atoms with Gasteiger partial charge in [0.1, 0.15) is 16.7 Å². The number of anilines is 3. The minimum Gasteiger partial charge on any atom is -0.456 e. The molecule has 2 heterocycles. The zero-order valence-electron chi connectivity index (χ0n) is 24.4. The number of hydrogen-bond acceptors (Lipinski definition) is 3. The van der Waals surface area contributed by atoms with Crippen LogP contribution in [-0.2, 0) is 0 Å². The van der Waals surface area contributed by atoms with E-state index in [9.17, 15) is 0 Å². The summed E-state index contributed by atoms with van der Waals surface area (Å²) in [5.74, 6) is 0. The summed E-state index contributed by atoms with van der Waals surface area (Å²) in [6, 6.07) is 57.1. The van der Waals surface area contributed by atoms with Crippen molar-refractivity contribution in [2.75, 3.05) is 4.90 Å². The molecule has 45 heavy (non-hydrogen) atoms. The van der Waals surface area contributed by atoms with Gasteiger partial charge in [-0.05, 0) is 76.9 Å². The van der Waals surface area contributed by atoms with E-state index in [0.29, 0.717) is 0 Å². The van der Waals surface area contributed by atoms with E-state index in [-0.39, 0.29) is 0 Å². The fourth-order valence-corrected chi connectivity index (χ4v) is 6.48. The van der Waals surface area contributed by atoms with Crippen molar-refractivity contribution in [3.8, 4) is 22.3 Å². The van der Waals surface area contributed by atoms with Gasteiger partial charge in [-0.15, -0.1) is 0 Å². The highest BCUT2D eigenvalue weighted by Crippen LogP contribution is 2.44. The lowest BCUT2D eigenvalue weighted by Crippen LogP contribution is -2.10. The smallest absolute Gasteiger partial charge is 0.159 e. The molecule has 0 spiro atoms. The second-order valence-corrected chi connectivity index (χ2v) is 11.4. The van der Waals surface area contributed by atoms with Gasteiger partial charge >= 0.3 is 0 Å². The second-order valence-electron chi connectivity index (χ2n) is 11.4. The number of para-hydroxylation sites is 2. The Hall–Kier alpha value is -6.06. The van der Waals surface area contributed by atoms with Crippen LogP contribution in [0.5, 0.6) is 0 Å².